The van der Waals surface area contributed by atoms with Gasteiger partial charge >= 0.3 is 12.0 Å². The van der Waals surface area contributed by atoms with E-state index >= 15 is 0 Å². The van der Waals surface area contributed by atoms with Crippen LogP contribution in [0.25, 0.3) is 0 Å². The van der Waals surface area contributed by atoms with Crippen molar-refractivity contribution in [3.8, 4) is 0 Å². The van der Waals surface area contributed by atoms with Crippen molar-refractivity contribution in [2.45, 2.75) is 31.7 Å². The van der Waals surface area contributed by atoms with Gasteiger partial charge in [0.2, 0.25) is 0 Å². The quantitative estimate of drug-likeness (QED) is 0.759. The van der Waals surface area contributed by atoms with Crippen molar-refractivity contribution in [3.05, 3.63) is 28.2 Å². The van der Waals surface area contributed by atoms with Gasteiger partial charge in [-0.1, -0.05) is 0 Å². The zero-order valence-corrected chi connectivity index (χ0v) is 13.0. The molecule has 0 spiro atoms. The molecule has 0 unspecified atom stereocenters. The van der Waals surface area contributed by atoms with Gasteiger partial charge in [0.05, 0.1) is 11.3 Å². The van der Waals surface area contributed by atoms with Crippen molar-refractivity contribution >= 4 is 33.6 Å². The van der Waals surface area contributed by atoms with Crippen LogP contribution in [-0.4, -0.2) is 23.1 Å². The lowest BCUT2D eigenvalue weighted by Crippen LogP contribution is -2.40. The highest BCUT2D eigenvalue weighted by molar-refractivity contribution is 9.10. The molecule has 2 amide bonds. The Hall–Kier alpha value is -1.56. The molecule has 0 heterocycles. The number of hydrogen-bond acceptors (Lipinski definition) is 2. The van der Waals surface area contributed by atoms with E-state index < -0.39 is 5.97 Å². The van der Waals surface area contributed by atoms with Crippen LogP contribution in [0.5, 0.6) is 0 Å². The number of halogens is 1. The van der Waals surface area contributed by atoms with Crippen molar-refractivity contribution in [3.63, 3.8) is 0 Å². The van der Waals surface area contributed by atoms with Crippen molar-refractivity contribution in [2.24, 2.45) is 11.8 Å². The van der Waals surface area contributed by atoms with Gasteiger partial charge in [-0.05, 0) is 71.6 Å². The van der Waals surface area contributed by atoms with Gasteiger partial charge in [0.15, 0.2) is 0 Å². The fourth-order valence-electron chi connectivity index (χ4n) is 2.60. The lowest BCUT2D eigenvalue weighted by atomic mass is 10.1. The van der Waals surface area contributed by atoms with E-state index in [9.17, 15) is 9.59 Å². The van der Waals surface area contributed by atoms with Gasteiger partial charge in [-0.3, -0.25) is 0 Å². The molecule has 6 heteroatoms. The van der Waals surface area contributed by atoms with Gasteiger partial charge in [0, 0.05) is 10.5 Å². The molecular formula is C15H17BrN2O3. The molecule has 0 radical (unpaired) electrons. The smallest absolute Gasteiger partial charge is 0.335 e. The SMILES string of the molecule is O=C(Nc1cc(C(=O)O)ccc1Br)NC(C1CC1)C1CC1. The number of aromatic carboxylic acids is 1. The largest absolute Gasteiger partial charge is 0.478 e. The number of carboxylic acids is 1. The molecule has 2 saturated carbocycles. The maximum Gasteiger partial charge on any atom is 0.335 e. The van der Waals surface area contributed by atoms with Gasteiger partial charge in [-0.25, -0.2) is 9.59 Å². The lowest BCUT2D eigenvalue weighted by molar-refractivity contribution is 0.0697. The summed E-state index contributed by atoms with van der Waals surface area (Å²) in [5.41, 5.74) is 0.618. The van der Waals surface area contributed by atoms with Gasteiger partial charge in [-0.2, -0.15) is 0 Å². The van der Waals surface area contributed by atoms with Gasteiger partial charge < -0.3 is 15.7 Å². The average molecular weight is 353 g/mol. The highest BCUT2D eigenvalue weighted by atomic mass is 79.9. The van der Waals surface area contributed by atoms with Gasteiger partial charge in [0.1, 0.15) is 0 Å². The van der Waals surface area contributed by atoms with Crippen LogP contribution in [0.2, 0.25) is 0 Å². The molecule has 5 nitrogen and oxygen atoms in total. The normalized spacial score (nSPS) is 17.6. The van der Waals surface area contributed by atoms with E-state index in [1.165, 1.54) is 37.8 Å². The topological polar surface area (TPSA) is 78.4 Å². The minimum atomic E-state index is -1.01. The van der Waals surface area contributed by atoms with Crippen molar-refractivity contribution in [1.82, 2.24) is 5.32 Å². The fourth-order valence-corrected chi connectivity index (χ4v) is 2.94. The summed E-state index contributed by atoms with van der Waals surface area (Å²) >= 11 is 3.32. The fraction of sp³-hybridized carbons (Fsp3) is 0.467. The standard InChI is InChI=1S/C15H17BrN2O3/c16-11-6-5-10(14(19)20)7-12(11)17-15(21)18-13(8-1-2-8)9-3-4-9/h5-9,13H,1-4H2,(H,19,20)(H2,17,18,21). The number of carbonyl (C=O) groups is 2. The molecule has 21 heavy (non-hydrogen) atoms. The first-order chi connectivity index (χ1) is 10.0. The third-order valence-electron chi connectivity index (χ3n) is 4.02. The Kier molecular flexibility index (Phi) is 3.89. The Balaban J connectivity index is 1.66. The zero-order valence-electron chi connectivity index (χ0n) is 11.4. The van der Waals surface area contributed by atoms with Crippen molar-refractivity contribution in [1.29, 1.82) is 0 Å². The number of nitrogens with one attached hydrogen (secondary N) is 2. The van der Waals surface area contributed by atoms with E-state index in [-0.39, 0.29) is 17.6 Å². The Morgan fingerprint density at radius 1 is 1.19 bits per heavy atom. The average Bonchev–Trinajstić information content (AvgIpc) is 3.31. The third-order valence-corrected chi connectivity index (χ3v) is 4.71. The van der Waals surface area contributed by atoms with E-state index in [2.05, 4.69) is 26.6 Å². The molecule has 1 aromatic rings. The minimum absolute atomic E-state index is 0.148. The number of urea groups is 1. The number of carbonyl (C=O) groups excluding carboxylic acids is 1. The second kappa shape index (κ2) is 5.67. The first kappa shape index (κ1) is 14.4. The summed E-state index contributed by atoms with van der Waals surface area (Å²) in [5, 5.41) is 14.8. The van der Waals surface area contributed by atoms with Crippen LogP contribution in [0.15, 0.2) is 22.7 Å². The number of hydrogen-bond donors (Lipinski definition) is 3. The van der Waals surface area contributed by atoms with Crippen LogP contribution in [0, 0.1) is 11.8 Å². The highest BCUT2D eigenvalue weighted by Gasteiger charge is 2.42. The molecule has 0 bridgehead atoms. The first-order valence-electron chi connectivity index (χ1n) is 7.15. The highest BCUT2D eigenvalue weighted by Crippen LogP contribution is 2.44. The molecule has 112 valence electrons. The zero-order chi connectivity index (χ0) is 15.0. The maximum atomic E-state index is 12.1. The molecule has 0 aliphatic heterocycles. The third kappa shape index (κ3) is 3.56. The number of amides is 2. The molecule has 3 N–H and O–H groups in total. The van der Waals surface area contributed by atoms with Crippen LogP contribution in [0.4, 0.5) is 10.5 Å². The predicted octanol–water partition coefficient (Wildman–Crippen LogP) is 3.46. The first-order valence-corrected chi connectivity index (χ1v) is 7.94. The Labute approximate surface area is 131 Å². The molecule has 0 aromatic heterocycles. The summed E-state index contributed by atoms with van der Waals surface area (Å²) in [6.45, 7) is 0. The van der Waals surface area contributed by atoms with E-state index in [1.807, 2.05) is 0 Å². The number of carboxylic acid groups (broad SMARTS) is 1. The number of rotatable bonds is 5. The minimum Gasteiger partial charge on any atom is -0.478 e. The van der Waals surface area contributed by atoms with E-state index in [0.29, 0.717) is 22.0 Å². The molecule has 2 fully saturated rings. The number of benzene rings is 1. The summed E-state index contributed by atoms with van der Waals surface area (Å²) in [6, 6.07) is 4.58. The molecule has 2 aliphatic carbocycles. The summed E-state index contributed by atoms with van der Waals surface area (Å²) in [4.78, 5) is 23.1. The second-order valence-corrected chi connectivity index (χ2v) is 6.65. The lowest BCUT2D eigenvalue weighted by Gasteiger charge is -2.18. The Morgan fingerprint density at radius 3 is 2.33 bits per heavy atom. The molecule has 1 aromatic carbocycles. The van der Waals surface area contributed by atoms with Crippen molar-refractivity contribution < 1.29 is 14.7 Å². The Bertz CT molecular complexity index is 570. The summed E-state index contributed by atoms with van der Waals surface area (Å²) in [5.74, 6) is 0.230. The summed E-state index contributed by atoms with van der Waals surface area (Å²) in [6.07, 6.45) is 4.78. The second-order valence-electron chi connectivity index (χ2n) is 5.80. The molecule has 2 aliphatic rings. The molecule has 3 rings (SSSR count). The van der Waals surface area contributed by atoms with E-state index in [1.54, 1.807) is 6.07 Å². The van der Waals surface area contributed by atoms with E-state index in [4.69, 9.17) is 5.11 Å². The summed E-state index contributed by atoms with van der Waals surface area (Å²) in [7, 11) is 0. The van der Waals surface area contributed by atoms with Crippen LogP contribution in [-0.2, 0) is 0 Å². The van der Waals surface area contributed by atoms with Gasteiger partial charge in [-0.15, -0.1) is 0 Å². The maximum absolute atomic E-state index is 12.1. The van der Waals surface area contributed by atoms with Gasteiger partial charge in [0.25, 0.3) is 0 Å². The molecule has 0 saturated heterocycles. The van der Waals surface area contributed by atoms with E-state index in [0.717, 1.165) is 0 Å². The number of anilines is 1. The summed E-state index contributed by atoms with van der Waals surface area (Å²) < 4.78 is 0.664. The molecular weight excluding hydrogens is 336 g/mol. The van der Waals surface area contributed by atoms with Crippen LogP contribution in [0.1, 0.15) is 36.0 Å². The van der Waals surface area contributed by atoms with Crippen LogP contribution < -0.4 is 10.6 Å². The molecule has 0 atom stereocenters. The Morgan fingerprint density at radius 2 is 1.81 bits per heavy atom. The monoisotopic (exact) mass is 352 g/mol. The van der Waals surface area contributed by atoms with Crippen molar-refractivity contribution in [2.75, 3.05) is 5.32 Å². The van der Waals surface area contributed by atoms with Crippen LogP contribution in [0.3, 0.4) is 0 Å². The van der Waals surface area contributed by atoms with Crippen LogP contribution >= 0.6 is 15.9 Å². The predicted molar refractivity (Wildman–Crippen MR) is 82.5 cm³/mol.